The Bertz CT molecular complexity index is 785. The molecule has 136 valence electrons. The molecule has 2 fully saturated rings. The Balaban J connectivity index is 1.50. The monoisotopic (exact) mass is 353 g/mol. The Morgan fingerprint density at radius 3 is 2.92 bits per heavy atom. The van der Waals surface area contributed by atoms with E-state index in [4.69, 9.17) is 0 Å². The van der Waals surface area contributed by atoms with Crippen molar-refractivity contribution in [1.82, 2.24) is 25.3 Å². The molecule has 0 spiro atoms. The normalized spacial score (nSPS) is 20.0. The fourth-order valence-electron chi connectivity index (χ4n) is 3.26. The second-order valence-electron chi connectivity index (χ2n) is 6.91. The molecule has 2 N–H and O–H groups in total. The van der Waals surface area contributed by atoms with Crippen LogP contribution >= 0.6 is 0 Å². The topological polar surface area (TPSA) is 79.3 Å². The summed E-state index contributed by atoms with van der Waals surface area (Å²) in [5.41, 5.74) is 1.62. The van der Waals surface area contributed by atoms with Crippen molar-refractivity contribution in [1.29, 1.82) is 0 Å². The van der Waals surface area contributed by atoms with Gasteiger partial charge in [0.25, 0.3) is 5.91 Å². The Labute approximate surface area is 152 Å². The highest BCUT2D eigenvalue weighted by molar-refractivity contribution is 5.98. The second kappa shape index (κ2) is 7.29. The van der Waals surface area contributed by atoms with Gasteiger partial charge in [-0.1, -0.05) is 12.1 Å². The molecule has 0 radical (unpaired) electrons. The molecule has 2 aliphatic rings. The standard InChI is InChI=1S/C19H23N5O2/c25-18(22-16-5-6-16)17-12-20-8-10-24(17)19(26)15-4-1-3-14(11-15)13-23-9-2-7-21-23/h1-4,7,9,11,16-17,20H,5-6,8,10,12-13H2,(H,22,25). The minimum atomic E-state index is -0.452. The van der Waals surface area contributed by atoms with Gasteiger partial charge in [-0.05, 0) is 36.6 Å². The molecule has 1 atom stereocenters. The summed E-state index contributed by atoms with van der Waals surface area (Å²) < 4.78 is 1.82. The van der Waals surface area contributed by atoms with Crippen LogP contribution in [0, 0.1) is 0 Å². The highest BCUT2D eigenvalue weighted by atomic mass is 16.2. The van der Waals surface area contributed by atoms with E-state index in [1.54, 1.807) is 11.1 Å². The molecule has 1 saturated heterocycles. The maximum absolute atomic E-state index is 13.1. The molecule has 4 rings (SSSR count). The van der Waals surface area contributed by atoms with Crippen molar-refractivity contribution in [3.63, 3.8) is 0 Å². The minimum absolute atomic E-state index is 0.0549. The van der Waals surface area contributed by atoms with Crippen molar-refractivity contribution >= 4 is 11.8 Å². The summed E-state index contributed by atoms with van der Waals surface area (Å²) in [4.78, 5) is 27.3. The van der Waals surface area contributed by atoms with Gasteiger partial charge in [0, 0.05) is 43.6 Å². The molecular weight excluding hydrogens is 330 g/mol. The van der Waals surface area contributed by atoms with Crippen LogP contribution in [0.2, 0.25) is 0 Å². The molecule has 2 amide bonds. The molecule has 26 heavy (non-hydrogen) atoms. The number of carbonyl (C=O) groups is 2. The van der Waals surface area contributed by atoms with Crippen molar-refractivity contribution < 1.29 is 9.59 Å². The van der Waals surface area contributed by atoms with Crippen LogP contribution in [-0.2, 0) is 11.3 Å². The molecule has 0 bridgehead atoms. The summed E-state index contributed by atoms with van der Waals surface area (Å²) in [6, 6.07) is 9.28. The average molecular weight is 353 g/mol. The lowest BCUT2D eigenvalue weighted by Gasteiger charge is -2.35. The largest absolute Gasteiger partial charge is 0.352 e. The summed E-state index contributed by atoms with van der Waals surface area (Å²) in [7, 11) is 0. The van der Waals surface area contributed by atoms with Crippen LogP contribution in [0.1, 0.15) is 28.8 Å². The van der Waals surface area contributed by atoms with Crippen molar-refractivity contribution in [2.45, 2.75) is 31.5 Å². The Hall–Kier alpha value is -2.67. The van der Waals surface area contributed by atoms with E-state index in [1.165, 1.54) is 0 Å². The molecule has 7 heteroatoms. The van der Waals surface area contributed by atoms with Gasteiger partial charge < -0.3 is 15.5 Å². The quantitative estimate of drug-likeness (QED) is 0.826. The van der Waals surface area contributed by atoms with Gasteiger partial charge in [0.1, 0.15) is 6.04 Å². The van der Waals surface area contributed by atoms with E-state index in [0.29, 0.717) is 37.8 Å². The Morgan fingerprint density at radius 2 is 2.15 bits per heavy atom. The second-order valence-corrected chi connectivity index (χ2v) is 6.91. The molecule has 1 saturated carbocycles. The number of nitrogens with one attached hydrogen (secondary N) is 2. The molecule has 1 unspecified atom stereocenters. The summed E-state index contributed by atoms with van der Waals surface area (Å²) in [6.07, 6.45) is 5.70. The van der Waals surface area contributed by atoms with Crippen LogP contribution in [0.15, 0.2) is 42.7 Å². The van der Waals surface area contributed by atoms with Gasteiger partial charge >= 0.3 is 0 Å². The Kier molecular flexibility index (Phi) is 4.71. The zero-order valence-corrected chi connectivity index (χ0v) is 14.6. The number of carbonyl (C=O) groups excluding carboxylic acids is 2. The SMILES string of the molecule is O=C(NC1CC1)C1CNCCN1C(=O)c1cccc(Cn2cccn2)c1. The van der Waals surface area contributed by atoms with Crippen LogP contribution in [0.25, 0.3) is 0 Å². The molecule has 2 aromatic rings. The number of nitrogens with zero attached hydrogens (tertiary/aromatic N) is 3. The first-order chi connectivity index (χ1) is 12.7. The molecule has 7 nitrogen and oxygen atoms in total. The predicted octanol–water partition coefficient (Wildman–Crippen LogP) is 0.624. The highest BCUT2D eigenvalue weighted by Gasteiger charge is 2.35. The fraction of sp³-hybridized carbons (Fsp3) is 0.421. The van der Waals surface area contributed by atoms with Gasteiger partial charge in [-0.2, -0.15) is 5.10 Å². The fourth-order valence-corrected chi connectivity index (χ4v) is 3.26. The van der Waals surface area contributed by atoms with E-state index in [2.05, 4.69) is 15.7 Å². The average Bonchev–Trinajstić information content (AvgIpc) is 3.34. The lowest BCUT2D eigenvalue weighted by molar-refractivity contribution is -0.126. The van der Waals surface area contributed by atoms with E-state index >= 15 is 0 Å². The predicted molar refractivity (Wildman–Crippen MR) is 96.6 cm³/mol. The first kappa shape index (κ1) is 16.8. The summed E-state index contributed by atoms with van der Waals surface area (Å²) in [6.45, 7) is 2.34. The number of amides is 2. The summed E-state index contributed by atoms with van der Waals surface area (Å²) in [5.74, 6) is -0.148. The van der Waals surface area contributed by atoms with Gasteiger partial charge in [0.05, 0.1) is 6.54 Å². The van der Waals surface area contributed by atoms with Crippen molar-refractivity contribution in [2.75, 3.05) is 19.6 Å². The van der Waals surface area contributed by atoms with Gasteiger partial charge in [-0.15, -0.1) is 0 Å². The van der Waals surface area contributed by atoms with Gasteiger partial charge in [-0.25, -0.2) is 0 Å². The minimum Gasteiger partial charge on any atom is -0.352 e. The smallest absolute Gasteiger partial charge is 0.254 e. The number of hydrogen-bond donors (Lipinski definition) is 2. The number of piperazine rings is 1. The van der Waals surface area contributed by atoms with Crippen LogP contribution < -0.4 is 10.6 Å². The van der Waals surface area contributed by atoms with E-state index < -0.39 is 6.04 Å². The number of benzene rings is 1. The lowest BCUT2D eigenvalue weighted by atomic mass is 10.1. The van der Waals surface area contributed by atoms with Crippen molar-refractivity contribution in [2.24, 2.45) is 0 Å². The first-order valence-corrected chi connectivity index (χ1v) is 9.09. The zero-order valence-electron chi connectivity index (χ0n) is 14.6. The van der Waals surface area contributed by atoms with Crippen LogP contribution in [0.5, 0.6) is 0 Å². The highest BCUT2D eigenvalue weighted by Crippen LogP contribution is 2.20. The maximum Gasteiger partial charge on any atom is 0.254 e. The third-order valence-electron chi connectivity index (χ3n) is 4.81. The third-order valence-corrected chi connectivity index (χ3v) is 4.81. The zero-order chi connectivity index (χ0) is 17.9. The first-order valence-electron chi connectivity index (χ1n) is 9.09. The van der Waals surface area contributed by atoms with Crippen molar-refractivity contribution in [3.8, 4) is 0 Å². The molecular formula is C19H23N5O2. The van der Waals surface area contributed by atoms with Gasteiger partial charge in [0.2, 0.25) is 5.91 Å². The van der Waals surface area contributed by atoms with Gasteiger partial charge in [0.15, 0.2) is 0 Å². The summed E-state index contributed by atoms with van der Waals surface area (Å²) >= 11 is 0. The van der Waals surface area contributed by atoms with Crippen LogP contribution in [0.3, 0.4) is 0 Å². The van der Waals surface area contributed by atoms with E-state index in [0.717, 1.165) is 18.4 Å². The van der Waals surface area contributed by atoms with Crippen LogP contribution in [-0.4, -0.2) is 58.2 Å². The van der Waals surface area contributed by atoms with Crippen molar-refractivity contribution in [3.05, 3.63) is 53.9 Å². The molecule has 1 aliphatic carbocycles. The van der Waals surface area contributed by atoms with Gasteiger partial charge in [-0.3, -0.25) is 14.3 Å². The van der Waals surface area contributed by atoms with E-state index in [-0.39, 0.29) is 11.8 Å². The number of hydrogen-bond acceptors (Lipinski definition) is 4. The molecule has 1 aromatic carbocycles. The lowest BCUT2D eigenvalue weighted by Crippen LogP contribution is -2.59. The van der Waals surface area contributed by atoms with E-state index in [9.17, 15) is 9.59 Å². The van der Waals surface area contributed by atoms with Crippen LogP contribution in [0.4, 0.5) is 0 Å². The summed E-state index contributed by atoms with van der Waals surface area (Å²) in [5, 5.41) is 10.4. The molecule has 1 aromatic heterocycles. The third kappa shape index (κ3) is 3.77. The Morgan fingerprint density at radius 1 is 1.27 bits per heavy atom. The number of rotatable bonds is 5. The number of aromatic nitrogens is 2. The maximum atomic E-state index is 13.1. The molecule has 2 heterocycles. The van der Waals surface area contributed by atoms with E-state index in [1.807, 2.05) is 41.2 Å². The molecule has 1 aliphatic heterocycles.